The zero-order valence-corrected chi connectivity index (χ0v) is 12.4. The molecule has 1 aromatic rings. The molecule has 0 aliphatic heterocycles. The van der Waals surface area contributed by atoms with Gasteiger partial charge in [0.25, 0.3) is 5.91 Å². The van der Waals surface area contributed by atoms with Crippen LogP contribution in [0.5, 0.6) is 5.75 Å². The molecule has 0 saturated heterocycles. The molecule has 0 unspecified atom stereocenters. The third-order valence-electron chi connectivity index (χ3n) is 2.44. The molecule has 0 heterocycles. The van der Waals surface area contributed by atoms with Crippen molar-refractivity contribution in [3.05, 3.63) is 28.2 Å². The number of hydrogen-bond acceptors (Lipinski definition) is 3. The smallest absolute Gasteiger partial charge is 0.257 e. The highest BCUT2D eigenvalue weighted by atomic mass is 79.9. The van der Waals surface area contributed by atoms with Crippen LogP contribution in [0.4, 0.5) is 0 Å². The number of hydrogen-bond donors (Lipinski definition) is 2. The SMILES string of the molecule is CCN(CC(C)(C)O)C(=O)c1ccc(Br)cc1O. The van der Waals surface area contributed by atoms with Crippen LogP contribution in [0.2, 0.25) is 0 Å². The topological polar surface area (TPSA) is 60.8 Å². The average Bonchev–Trinajstić information content (AvgIpc) is 2.24. The van der Waals surface area contributed by atoms with Crippen molar-refractivity contribution in [2.45, 2.75) is 26.4 Å². The van der Waals surface area contributed by atoms with Gasteiger partial charge in [-0.2, -0.15) is 0 Å². The Bertz CT molecular complexity index is 440. The largest absolute Gasteiger partial charge is 0.507 e. The van der Waals surface area contributed by atoms with Crippen molar-refractivity contribution >= 4 is 21.8 Å². The summed E-state index contributed by atoms with van der Waals surface area (Å²) < 4.78 is 0.710. The number of halogens is 1. The van der Waals surface area contributed by atoms with Gasteiger partial charge in [-0.05, 0) is 39.0 Å². The Hall–Kier alpha value is -1.07. The molecule has 0 aliphatic rings. The molecule has 2 N–H and O–H groups in total. The Labute approximate surface area is 115 Å². The lowest BCUT2D eigenvalue weighted by Gasteiger charge is -2.28. The van der Waals surface area contributed by atoms with E-state index in [4.69, 9.17) is 0 Å². The summed E-state index contributed by atoms with van der Waals surface area (Å²) in [4.78, 5) is 13.7. The minimum Gasteiger partial charge on any atom is -0.507 e. The Morgan fingerprint density at radius 1 is 1.44 bits per heavy atom. The zero-order chi connectivity index (χ0) is 13.9. The second-order valence-electron chi connectivity index (χ2n) is 4.79. The van der Waals surface area contributed by atoms with E-state index < -0.39 is 5.60 Å². The molecule has 0 spiro atoms. The van der Waals surface area contributed by atoms with Crippen LogP contribution in [-0.2, 0) is 0 Å². The number of phenolic OH excluding ortho intramolecular Hbond substituents is 1. The van der Waals surface area contributed by atoms with Gasteiger partial charge >= 0.3 is 0 Å². The second kappa shape index (κ2) is 5.71. The van der Waals surface area contributed by atoms with Crippen molar-refractivity contribution in [3.8, 4) is 5.75 Å². The first-order chi connectivity index (χ1) is 8.24. The highest BCUT2D eigenvalue weighted by molar-refractivity contribution is 9.10. The lowest BCUT2D eigenvalue weighted by Crippen LogP contribution is -2.42. The van der Waals surface area contributed by atoms with Crippen molar-refractivity contribution in [2.75, 3.05) is 13.1 Å². The normalized spacial score (nSPS) is 11.4. The van der Waals surface area contributed by atoms with Gasteiger partial charge in [-0.1, -0.05) is 15.9 Å². The number of phenols is 1. The monoisotopic (exact) mass is 315 g/mol. The second-order valence-corrected chi connectivity index (χ2v) is 5.71. The quantitative estimate of drug-likeness (QED) is 0.896. The minimum atomic E-state index is -0.962. The van der Waals surface area contributed by atoms with Crippen molar-refractivity contribution in [2.24, 2.45) is 0 Å². The van der Waals surface area contributed by atoms with E-state index in [1.165, 1.54) is 11.0 Å². The predicted molar refractivity (Wildman–Crippen MR) is 73.7 cm³/mol. The molecular formula is C13H18BrNO3. The molecule has 0 radical (unpaired) electrons. The van der Waals surface area contributed by atoms with E-state index in [2.05, 4.69) is 15.9 Å². The molecule has 4 nitrogen and oxygen atoms in total. The molecule has 0 atom stereocenters. The summed E-state index contributed by atoms with van der Waals surface area (Å²) in [7, 11) is 0. The first kappa shape index (κ1) is 15.0. The van der Waals surface area contributed by atoms with E-state index in [0.29, 0.717) is 11.0 Å². The molecular weight excluding hydrogens is 298 g/mol. The standard InChI is InChI=1S/C13H18BrNO3/c1-4-15(8-13(2,3)18)12(17)10-6-5-9(14)7-11(10)16/h5-7,16,18H,4,8H2,1-3H3. The summed E-state index contributed by atoms with van der Waals surface area (Å²) in [6, 6.07) is 4.74. The third-order valence-corrected chi connectivity index (χ3v) is 2.93. The number of nitrogens with zero attached hydrogens (tertiary/aromatic N) is 1. The van der Waals surface area contributed by atoms with Crippen LogP contribution in [0.1, 0.15) is 31.1 Å². The molecule has 100 valence electrons. The number of carbonyl (C=O) groups excluding carboxylic acids is 1. The van der Waals surface area contributed by atoms with Gasteiger partial charge in [-0.25, -0.2) is 0 Å². The number of likely N-dealkylation sites (N-methyl/N-ethyl adjacent to an activating group) is 1. The van der Waals surface area contributed by atoms with Crippen molar-refractivity contribution < 1.29 is 15.0 Å². The summed E-state index contributed by atoms with van der Waals surface area (Å²) in [6.45, 7) is 5.81. The average molecular weight is 316 g/mol. The lowest BCUT2D eigenvalue weighted by atomic mass is 10.1. The maximum absolute atomic E-state index is 12.2. The van der Waals surface area contributed by atoms with Gasteiger partial charge in [0.05, 0.1) is 11.2 Å². The number of aromatic hydroxyl groups is 1. The van der Waals surface area contributed by atoms with Gasteiger partial charge in [-0.3, -0.25) is 4.79 Å². The number of rotatable bonds is 4. The summed E-state index contributed by atoms with van der Waals surface area (Å²) >= 11 is 3.22. The van der Waals surface area contributed by atoms with E-state index in [1.54, 1.807) is 26.0 Å². The van der Waals surface area contributed by atoms with E-state index >= 15 is 0 Å². The van der Waals surface area contributed by atoms with E-state index in [9.17, 15) is 15.0 Å². The first-order valence-electron chi connectivity index (χ1n) is 5.75. The highest BCUT2D eigenvalue weighted by Gasteiger charge is 2.23. The Morgan fingerprint density at radius 2 is 2.06 bits per heavy atom. The summed E-state index contributed by atoms with van der Waals surface area (Å²) in [5.74, 6) is -0.354. The predicted octanol–water partition coefficient (Wildman–Crippen LogP) is 2.39. The van der Waals surface area contributed by atoms with Crippen LogP contribution in [0.25, 0.3) is 0 Å². The molecule has 0 fully saturated rings. The minimum absolute atomic E-state index is 0.0661. The molecule has 18 heavy (non-hydrogen) atoms. The van der Waals surface area contributed by atoms with Gasteiger partial charge < -0.3 is 15.1 Å². The summed E-state index contributed by atoms with van der Waals surface area (Å²) in [6.07, 6.45) is 0. The van der Waals surface area contributed by atoms with E-state index in [1.807, 2.05) is 6.92 Å². The number of benzene rings is 1. The molecule has 5 heteroatoms. The maximum Gasteiger partial charge on any atom is 0.257 e. The number of aliphatic hydroxyl groups is 1. The maximum atomic E-state index is 12.2. The fraction of sp³-hybridized carbons (Fsp3) is 0.462. The third kappa shape index (κ3) is 3.99. The van der Waals surface area contributed by atoms with Crippen LogP contribution in [0.15, 0.2) is 22.7 Å². The number of amides is 1. The van der Waals surface area contributed by atoms with Gasteiger partial charge in [0, 0.05) is 17.6 Å². The summed E-state index contributed by atoms with van der Waals surface area (Å²) in [5, 5.41) is 19.5. The zero-order valence-electron chi connectivity index (χ0n) is 10.8. The van der Waals surface area contributed by atoms with Gasteiger partial charge in [0.1, 0.15) is 5.75 Å². The van der Waals surface area contributed by atoms with Crippen LogP contribution in [0, 0.1) is 0 Å². The lowest BCUT2D eigenvalue weighted by molar-refractivity contribution is 0.0313. The van der Waals surface area contributed by atoms with E-state index in [-0.39, 0.29) is 23.8 Å². The van der Waals surface area contributed by atoms with E-state index in [0.717, 1.165) is 0 Å². The number of carbonyl (C=O) groups is 1. The van der Waals surface area contributed by atoms with Crippen LogP contribution in [-0.4, -0.2) is 39.7 Å². The fourth-order valence-electron chi connectivity index (χ4n) is 1.65. The fourth-order valence-corrected chi connectivity index (χ4v) is 2.00. The van der Waals surface area contributed by atoms with Gasteiger partial charge in [-0.15, -0.1) is 0 Å². The molecule has 1 amide bonds. The van der Waals surface area contributed by atoms with Crippen LogP contribution >= 0.6 is 15.9 Å². The molecule has 0 saturated carbocycles. The first-order valence-corrected chi connectivity index (χ1v) is 6.54. The van der Waals surface area contributed by atoms with Gasteiger partial charge in [0.2, 0.25) is 0 Å². The highest BCUT2D eigenvalue weighted by Crippen LogP contribution is 2.24. The molecule has 1 aromatic carbocycles. The van der Waals surface area contributed by atoms with Gasteiger partial charge in [0.15, 0.2) is 0 Å². The molecule has 0 bridgehead atoms. The molecule has 0 aliphatic carbocycles. The molecule has 0 aromatic heterocycles. The Kier molecular flexibility index (Phi) is 4.76. The van der Waals surface area contributed by atoms with Crippen LogP contribution in [0.3, 0.4) is 0 Å². The van der Waals surface area contributed by atoms with Crippen molar-refractivity contribution in [1.82, 2.24) is 4.90 Å². The summed E-state index contributed by atoms with van der Waals surface area (Å²) in [5.41, 5.74) is -0.722. The Balaban J connectivity index is 2.97. The van der Waals surface area contributed by atoms with Crippen molar-refractivity contribution in [1.29, 1.82) is 0 Å². The Morgan fingerprint density at radius 3 is 2.50 bits per heavy atom. The van der Waals surface area contributed by atoms with Crippen molar-refractivity contribution in [3.63, 3.8) is 0 Å². The van der Waals surface area contributed by atoms with Crippen LogP contribution < -0.4 is 0 Å². The molecule has 1 rings (SSSR count).